The summed E-state index contributed by atoms with van der Waals surface area (Å²) in [4.78, 5) is 0. The van der Waals surface area contributed by atoms with E-state index < -0.39 is 0 Å². The maximum atomic E-state index is 8.82. The Labute approximate surface area is 62.4 Å². The lowest BCUT2D eigenvalue weighted by Crippen LogP contribution is -2.06. The van der Waals surface area contributed by atoms with Gasteiger partial charge in [-0.05, 0) is 37.6 Å². The zero-order chi connectivity index (χ0) is 7.40. The largest absolute Gasteiger partial charge is 0.396 e. The van der Waals surface area contributed by atoms with Crippen LogP contribution in [0, 0.1) is 11.8 Å². The van der Waals surface area contributed by atoms with Crippen LogP contribution in [0.2, 0.25) is 0 Å². The molecule has 2 nitrogen and oxygen atoms in total. The summed E-state index contributed by atoms with van der Waals surface area (Å²) in [6, 6.07) is 0. The normalized spacial score (nSPS) is 33.0. The van der Waals surface area contributed by atoms with E-state index in [1.807, 2.05) is 0 Å². The van der Waals surface area contributed by atoms with Crippen molar-refractivity contribution in [2.24, 2.45) is 17.6 Å². The lowest BCUT2D eigenvalue weighted by Gasteiger charge is -2.06. The van der Waals surface area contributed by atoms with Crippen LogP contribution in [0.5, 0.6) is 0 Å². The van der Waals surface area contributed by atoms with Gasteiger partial charge in [0.1, 0.15) is 0 Å². The van der Waals surface area contributed by atoms with Crippen LogP contribution in [-0.4, -0.2) is 18.3 Å². The minimum absolute atomic E-state index is 0.376. The zero-order valence-electron chi connectivity index (χ0n) is 6.42. The fourth-order valence-electron chi connectivity index (χ4n) is 1.84. The van der Waals surface area contributed by atoms with Gasteiger partial charge in [-0.25, -0.2) is 0 Å². The van der Waals surface area contributed by atoms with Crippen molar-refractivity contribution in [1.29, 1.82) is 0 Å². The van der Waals surface area contributed by atoms with Gasteiger partial charge in [-0.15, -0.1) is 0 Å². The molecule has 0 aromatic rings. The van der Waals surface area contributed by atoms with Crippen molar-refractivity contribution in [3.05, 3.63) is 0 Å². The average molecular weight is 143 g/mol. The van der Waals surface area contributed by atoms with Gasteiger partial charge in [-0.2, -0.15) is 0 Å². The number of hydrogen-bond acceptors (Lipinski definition) is 2. The van der Waals surface area contributed by atoms with Crippen LogP contribution in [0.4, 0.5) is 0 Å². The Balaban J connectivity index is 2.15. The summed E-state index contributed by atoms with van der Waals surface area (Å²) >= 11 is 0. The number of aliphatic hydroxyl groups excluding tert-OH is 1. The monoisotopic (exact) mass is 143 g/mol. The Morgan fingerprint density at radius 2 is 2.00 bits per heavy atom. The molecule has 0 heterocycles. The first-order valence-electron chi connectivity index (χ1n) is 4.17. The second-order valence-electron chi connectivity index (χ2n) is 3.31. The summed E-state index contributed by atoms with van der Waals surface area (Å²) < 4.78 is 0. The predicted molar refractivity (Wildman–Crippen MR) is 41.6 cm³/mol. The standard InChI is InChI=1S/C8H17NO/c9-4-3-7-1-2-8(5-7)6-10/h7-8,10H,1-6,9H2. The Morgan fingerprint density at radius 3 is 2.50 bits per heavy atom. The van der Waals surface area contributed by atoms with Crippen LogP contribution in [0.3, 0.4) is 0 Å². The van der Waals surface area contributed by atoms with E-state index in [1.165, 1.54) is 19.3 Å². The van der Waals surface area contributed by atoms with Gasteiger partial charge in [-0.1, -0.05) is 6.42 Å². The van der Waals surface area contributed by atoms with Gasteiger partial charge in [-0.3, -0.25) is 0 Å². The molecular formula is C8H17NO. The van der Waals surface area contributed by atoms with E-state index >= 15 is 0 Å². The summed E-state index contributed by atoms with van der Waals surface area (Å²) in [6.45, 7) is 1.18. The Morgan fingerprint density at radius 1 is 1.30 bits per heavy atom. The molecule has 0 aliphatic heterocycles. The number of nitrogens with two attached hydrogens (primary N) is 1. The topological polar surface area (TPSA) is 46.2 Å². The van der Waals surface area contributed by atoms with Crippen LogP contribution < -0.4 is 5.73 Å². The first-order chi connectivity index (χ1) is 4.86. The average Bonchev–Trinajstić information content (AvgIpc) is 2.37. The van der Waals surface area contributed by atoms with E-state index in [0.717, 1.165) is 18.9 Å². The van der Waals surface area contributed by atoms with E-state index in [9.17, 15) is 0 Å². The third kappa shape index (κ3) is 1.96. The Kier molecular flexibility index (Phi) is 3.16. The van der Waals surface area contributed by atoms with Gasteiger partial charge >= 0.3 is 0 Å². The smallest absolute Gasteiger partial charge is 0.0459 e. The lowest BCUT2D eigenvalue weighted by molar-refractivity contribution is 0.225. The van der Waals surface area contributed by atoms with Crippen molar-refractivity contribution in [3.8, 4) is 0 Å². The molecule has 0 aromatic carbocycles. The minimum atomic E-state index is 0.376. The molecule has 2 atom stereocenters. The first kappa shape index (κ1) is 8.02. The van der Waals surface area contributed by atoms with E-state index in [4.69, 9.17) is 10.8 Å². The summed E-state index contributed by atoms with van der Waals surface area (Å²) in [7, 11) is 0. The zero-order valence-corrected chi connectivity index (χ0v) is 6.42. The maximum absolute atomic E-state index is 8.82. The highest BCUT2D eigenvalue weighted by Crippen LogP contribution is 2.31. The summed E-state index contributed by atoms with van der Waals surface area (Å²) in [5.41, 5.74) is 5.43. The van der Waals surface area contributed by atoms with Crippen molar-refractivity contribution in [1.82, 2.24) is 0 Å². The summed E-state index contributed by atoms with van der Waals surface area (Å²) in [5, 5.41) is 8.82. The number of hydrogen-bond donors (Lipinski definition) is 2. The fourth-order valence-corrected chi connectivity index (χ4v) is 1.84. The lowest BCUT2D eigenvalue weighted by atomic mass is 10.0. The van der Waals surface area contributed by atoms with Gasteiger partial charge in [0.15, 0.2) is 0 Å². The molecule has 0 amide bonds. The molecule has 1 fully saturated rings. The highest BCUT2D eigenvalue weighted by atomic mass is 16.3. The van der Waals surface area contributed by atoms with Crippen LogP contribution >= 0.6 is 0 Å². The highest BCUT2D eigenvalue weighted by Gasteiger charge is 2.22. The van der Waals surface area contributed by atoms with Crippen molar-refractivity contribution < 1.29 is 5.11 Å². The molecule has 1 aliphatic carbocycles. The minimum Gasteiger partial charge on any atom is -0.396 e. The van der Waals surface area contributed by atoms with Crippen LogP contribution in [-0.2, 0) is 0 Å². The molecule has 10 heavy (non-hydrogen) atoms. The molecular weight excluding hydrogens is 126 g/mol. The predicted octanol–water partition coefficient (Wildman–Crippen LogP) is 0.744. The molecule has 1 rings (SSSR count). The maximum Gasteiger partial charge on any atom is 0.0459 e. The number of aliphatic hydroxyl groups is 1. The fraction of sp³-hybridized carbons (Fsp3) is 1.00. The molecule has 0 aromatic heterocycles. The number of rotatable bonds is 3. The quantitative estimate of drug-likeness (QED) is 0.612. The van der Waals surface area contributed by atoms with Gasteiger partial charge in [0.2, 0.25) is 0 Å². The van der Waals surface area contributed by atoms with Gasteiger partial charge in [0.25, 0.3) is 0 Å². The molecule has 0 saturated heterocycles. The molecule has 3 N–H and O–H groups in total. The summed E-state index contributed by atoms with van der Waals surface area (Å²) in [5.74, 6) is 1.39. The molecule has 2 heteroatoms. The highest BCUT2D eigenvalue weighted by molar-refractivity contribution is 4.74. The molecule has 1 saturated carbocycles. The van der Waals surface area contributed by atoms with Crippen molar-refractivity contribution in [2.45, 2.75) is 25.7 Å². The first-order valence-corrected chi connectivity index (χ1v) is 4.17. The molecule has 0 radical (unpaired) electrons. The third-order valence-electron chi connectivity index (χ3n) is 2.48. The van der Waals surface area contributed by atoms with Crippen molar-refractivity contribution in [2.75, 3.05) is 13.2 Å². The second kappa shape index (κ2) is 3.94. The van der Waals surface area contributed by atoms with Crippen molar-refractivity contribution >= 4 is 0 Å². The van der Waals surface area contributed by atoms with Gasteiger partial charge in [0, 0.05) is 6.61 Å². The van der Waals surface area contributed by atoms with Gasteiger partial charge in [0.05, 0.1) is 0 Å². The molecule has 60 valence electrons. The Hall–Kier alpha value is -0.0800. The molecule has 2 unspecified atom stereocenters. The third-order valence-corrected chi connectivity index (χ3v) is 2.48. The van der Waals surface area contributed by atoms with Crippen LogP contribution in [0.15, 0.2) is 0 Å². The molecule has 0 bridgehead atoms. The van der Waals surface area contributed by atoms with E-state index in [0.29, 0.717) is 12.5 Å². The Bertz CT molecular complexity index is 95.3. The van der Waals surface area contributed by atoms with Gasteiger partial charge < -0.3 is 10.8 Å². The summed E-state index contributed by atoms with van der Waals surface area (Å²) in [6.07, 6.45) is 4.84. The second-order valence-corrected chi connectivity index (χ2v) is 3.31. The van der Waals surface area contributed by atoms with E-state index in [2.05, 4.69) is 0 Å². The van der Waals surface area contributed by atoms with Crippen LogP contribution in [0.25, 0.3) is 0 Å². The van der Waals surface area contributed by atoms with Crippen molar-refractivity contribution in [3.63, 3.8) is 0 Å². The molecule has 0 spiro atoms. The van der Waals surface area contributed by atoms with E-state index in [-0.39, 0.29) is 0 Å². The van der Waals surface area contributed by atoms with Crippen LogP contribution in [0.1, 0.15) is 25.7 Å². The van der Waals surface area contributed by atoms with E-state index in [1.54, 1.807) is 0 Å². The SMILES string of the molecule is NCCC1CCC(CO)C1. The molecule has 1 aliphatic rings.